The van der Waals surface area contributed by atoms with Crippen molar-refractivity contribution >= 4 is 60.8 Å². The predicted molar refractivity (Wildman–Crippen MR) is 315 cm³/mol. The van der Waals surface area contributed by atoms with Crippen molar-refractivity contribution in [1.29, 1.82) is 0 Å². The van der Waals surface area contributed by atoms with Crippen LogP contribution >= 0.6 is 0 Å². The van der Waals surface area contributed by atoms with Gasteiger partial charge in [-0.15, -0.1) is 0 Å². The van der Waals surface area contributed by atoms with Crippen LogP contribution in [0.4, 0.5) is 17.1 Å². The van der Waals surface area contributed by atoms with E-state index >= 15 is 0 Å². The van der Waals surface area contributed by atoms with Crippen LogP contribution in [-0.4, -0.2) is 4.57 Å². The van der Waals surface area contributed by atoms with Gasteiger partial charge in [0.1, 0.15) is 11.2 Å². The number of aromatic nitrogens is 1. The Labute approximate surface area is 436 Å². The Bertz CT molecular complexity index is 4340. The molecule has 14 rings (SSSR count). The molecule has 0 saturated heterocycles. The maximum Gasteiger partial charge on any atom is 0.143 e. The lowest BCUT2D eigenvalue weighted by Gasteiger charge is -2.28. The van der Waals surface area contributed by atoms with Gasteiger partial charge in [-0.1, -0.05) is 231 Å². The molecular weight excluding hydrogens is 909 g/mol. The van der Waals surface area contributed by atoms with Crippen molar-refractivity contribution in [2.75, 3.05) is 4.90 Å². The molecule has 12 aromatic carbocycles. The first-order chi connectivity index (χ1) is 37.2. The molecule has 0 aliphatic carbocycles. The minimum atomic E-state index is 0.906. The van der Waals surface area contributed by atoms with E-state index < -0.39 is 0 Å². The third-order valence-electron chi connectivity index (χ3n) is 14.9. The van der Waals surface area contributed by atoms with Crippen LogP contribution in [0, 0.1) is 0 Å². The molecule has 0 N–H and O–H groups in total. The van der Waals surface area contributed by atoms with Gasteiger partial charge in [-0.2, -0.15) is 0 Å². The fourth-order valence-electron chi connectivity index (χ4n) is 11.3. The molecule has 14 aromatic rings. The van der Waals surface area contributed by atoms with Crippen LogP contribution < -0.4 is 4.90 Å². The van der Waals surface area contributed by atoms with E-state index in [1.807, 2.05) is 12.1 Å². The molecule has 352 valence electrons. The monoisotopic (exact) mass is 956 g/mol. The van der Waals surface area contributed by atoms with Gasteiger partial charge in [0.05, 0.1) is 22.4 Å². The van der Waals surface area contributed by atoms with E-state index in [9.17, 15) is 0 Å². The largest absolute Gasteiger partial charge is 0.455 e. The standard InChI is InChI=1S/C72H48N2O/c1-2-18-49(19-3-1)54-20-16-21-55(48-54)59-23-6-11-31-67(59)73(56-44-40-51(41-45-56)50-36-38-53(39-37-50)60-29-17-30-66-65-28-10-15-35-71(65)75-72(60)66)57-46-42-52(43-47-57)58-22-4-5-24-61(58)62-25-7-12-32-68(62)74-69-33-13-8-26-63(69)64-27-9-14-34-70(64)74/h1-48H. The smallest absolute Gasteiger partial charge is 0.143 e. The lowest BCUT2D eigenvalue weighted by Crippen LogP contribution is -2.11. The molecule has 0 fully saturated rings. The maximum atomic E-state index is 6.41. The van der Waals surface area contributed by atoms with Crippen LogP contribution in [0.5, 0.6) is 0 Å². The number of fused-ring (bicyclic) bond motifs is 6. The zero-order valence-electron chi connectivity index (χ0n) is 41.0. The van der Waals surface area contributed by atoms with E-state index in [-0.39, 0.29) is 0 Å². The van der Waals surface area contributed by atoms with Crippen molar-refractivity contribution in [1.82, 2.24) is 4.57 Å². The molecule has 0 atom stereocenters. The molecule has 0 radical (unpaired) electrons. The summed E-state index contributed by atoms with van der Waals surface area (Å²) in [7, 11) is 0. The molecule has 3 heteroatoms. The Balaban J connectivity index is 0.851. The third-order valence-corrected chi connectivity index (χ3v) is 14.9. The number of hydrogen-bond acceptors (Lipinski definition) is 2. The lowest BCUT2D eigenvalue weighted by molar-refractivity contribution is 0.670. The highest BCUT2D eigenvalue weighted by Gasteiger charge is 2.21. The van der Waals surface area contributed by atoms with Gasteiger partial charge >= 0.3 is 0 Å². The van der Waals surface area contributed by atoms with E-state index in [1.54, 1.807) is 0 Å². The van der Waals surface area contributed by atoms with Crippen molar-refractivity contribution < 1.29 is 4.42 Å². The van der Waals surface area contributed by atoms with Crippen LogP contribution in [0.1, 0.15) is 0 Å². The highest BCUT2D eigenvalue weighted by molar-refractivity contribution is 6.11. The summed E-state index contributed by atoms with van der Waals surface area (Å²) in [6.07, 6.45) is 0. The van der Waals surface area contributed by atoms with Gasteiger partial charge in [-0.25, -0.2) is 0 Å². The second-order valence-corrected chi connectivity index (χ2v) is 19.2. The number of benzene rings is 12. The number of furan rings is 1. The Morgan fingerprint density at radius 2 is 0.720 bits per heavy atom. The van der Waals surface area contributed by atoms with Crippen LogP contribution in [0.25, 0.3) is 116 Å². The van der Waals surface area contributed by atoms with Gasteiger partial charge in [0.2, 0.25) is 0 Å². The minimum Gasteiger partial charge on any atom is -0.455 e. The fourth-order valence-corrected chi connectivity index (χ4v) is 11.3. The summed E-state index contributed by atoms with van der Waals surface area (Å²) in [4.78, 5) is 2.40. The predicted octanol–water partition coefficient (Wildman–Crippen LogP) is 20.2. The Hall–Kier alpha value is -9.96. The number of hydrogen-bond donors (Lipinski definition) is 0. The van der Waals surface area contributed by atoms with Crippen LogP contribution in [0.3, 0.4) is 0 Å². The molecule has 75 heavy (non-hydrogen) atoms. The number of para-hydroxylation sites is 6. The fraction of sp³-hybridized carbons (Fsp3) is 0. The van der Waals surface area contributed by atoms with Crippen molar-refractivity contribution in [2.45, 2.75) is 0 Å². The molecule has 0 aliphatic rings. The second-order valence-electron chi connectivity index (χ2n) is 19.2. The van der Waals surface area contributed by atoms with Gasteiger partial charge in [0.25, 0.3) is 0 Å². The van der Waals surface area contributed by atoms with Crippen LogP contribution in [0.15, 0.2) is 296 Å². The van der Waals surface area contributed by atoms with E-state index in [4.69, 9.17) is 4.42 Å². The molecule has 2 heterocycles. The number of nitrogens with zero attached hydrogens (tertiary/aromatic N) is 2. The summed E-state index contributed by atoms with van der Waals surface area (Å²) in [5.74, 6) is 0. The number of rotatable bonds is 10. The highest BCUT2D eigenvalue weighted by atomic mass is 16.3. The zero-order chi connectivity index (χ0) is 49.7. The quantitative estimate of drug-likeness (QED) is 0.136. The molecule has 0 bridgehead atoms. The second kappa shape index (κ2) is 18.6. The summed E-state index contributed by atoms with van der Waals surface area (Å²) in [5.41, 5.74) is 22.4. The van der Waals surface area contributed by atoms with Gasteiger partial charge < -0.3 is 13.9 Å². The third kappa shape index (κ3) is 7.78. The summed E-state index contributed by atoms with van der Waals surface area (Å²) < 4.78 is 8.84. The first-order valence-corrected chi connectivity index (χ1v) is 25.7. The highest BCUT2D eigenvalue weighted by Crippen LogP contribution is 2.45. The van der Waals surface area contributed by atoms with Gasteiger partial charge in [0.15, 0.2) is 0 Å². The lowest BCUT2D eigenvalue weighted by atomic mass is 9.93. The van der Waals surface area contributed by atoms with E-state index in [1.165, 1.54) is 49.6 Å². The van der Waals surface area contributed by atoms with Crippen molar-refractivity contribution in [3.05, 3.63) is 291 Å². The summed E-state index contributed by atoms with van der Waals surface area (Å²) in [6, 6.07) is 105. The zero-order valence-corrected chi connectivity index (χ0v) is 41.0. The van der Waals surface area contributed by atoms with Crippen LogP contribution in [0.2, 0.25) is 0 Å². The minimum absolute atomic E-state index is 0.906. The molecule has 3 nitrogen and oxygen atoms in total. The average molecular weight is 957 g/mol. The van der Waals surface area contributed by atoms with E-state index in [0.29, 0.717) is 0 Å². The van der Waals surface area contributed by atoms with E-state index in [2.05, 4.69) is 289 Å². The molecule has 0 aliphatic heterocycles. The first-order valence-electron chi connectivity index (χ1n) is 25.7. The molecule has 0 spiro atoms. The van der Waals surface area contributed by atoms with Crippen LogP contribution in [-0.2, 0) is 0 Å². The van der Waals surface area contributed by atoms with Gasteiger partial charge in [0, 0.05) is 49.6 Å². The van der Waals surface area contributed by atoms with Crippen molar-refractivity contribution in [3.63, 3.8) is 0 Å². The molecule has 0 amide bonds. The van der Waals surface area contributed by atoms with Crippen molar-refractivity contribution in [2.24, 2.45) is 0 Å². The molecule has 2 aromatic heterocycles. The van der Waals surface area contributed by atoms with E-state index in [0.717, 1.165) is 83.6 Å². The topological polar surface area (TPSA) is 21.3 Å². The molecule has 0 saturated carbocycles. The summed E-state index contributed by atoms with van der Waals surface area (Å²) in [6.45, 7) is 0. The SMILES string of the molecule is c1ccc(-c2cccc(-c3ccccc3N(c3ccc(-c4ccc(-c5cccc6c5oc5ccccc56)cc4)cc3)c3ccc(-c4ccccc4-c4ccccc4-n4c5ccccc5c5ccccc54)cc3)c2)cc1. The van der Waals surface area contributed by atoms with Crippen molar-refractivity contribution in [3.8, 4) is 72.4 Å². The van der Waals surface area contributed by atoms with Gasteiger partial charge in [-0.3, -0.25) is 0 Å². The molecular formula is C72H48N2O. The average Bonchev–Trinajstić information content (AvgIpc) is 4.06. The normalized spacial score (nSPS) is 11.5. The first kappa shape index (κ1) is 43.8. The Morgan fingerprint density at radius 1 is 0.267 bits per heavy atom. The Kier molecular flexibility index (Phi) is 10.8. The number of anilines is 3. The maximum absolute atomic E-state index is 6.41. The summed E-state index contributed by atoms with van der Waals surface area (Å²) >= 11 is 0. The summed E-state index contributed by atoms with van der Waals surface area (Å²) in [5, 5.41) is 4.77. The Morgan fingerprint density at radius 3 is 1.44 bits per heavy atom. The van der Waals surface area contributed by atoms with Gasteiger partial charge in [-0.05, 0) is 111 Å². The molecule has 0 unspecified atom stereocenters.